The number of nitrogens with zero attached hydrogens (tertiary/aromatic N) is 5. The van der Waals surface area contributed by atoms with E-state index in [4.69, 9.17) is 4.74 Å². The van der Waals surface area contributed by atoms with Crippen molar-refractivity contribution in [3.8, 4) is 5.75 Å². The van der Waals surface area contributed by atoms with Gasteiger partial charge >= 0.3 is 5.69 Å². The number of carbonyl (C=O) groups is 1. The average Bonchev–Trinajstić information content (AvgIpc) is 3.09. The van der Waals surface area contributed by atoms with Crippen LogP contribution in [0.5, 0.6) is 5.75 Å². The Morgan fingerprint density at radius 3 is 2.62 bits per heavy atom. The van der Waals surface area contributed by atoms with Crippen LogP contribution in [-0.4, -0.2) is 38.5 Å². The summed E-state index contributed by atoms with van der Waals surface area (Å²) in [5.41, 5.74) is 2.87. The second kappa shape index (κ2) is 8.16. The highest BCUT2D eigenvalue weighted by Crippen LogP contribution is 2.32. The molecule has 1 aliphatic rings. The summed E-state index contributed by atoms with van der Waals surface area (Å²) in [4.78, 5) is 28.6. The molecule has 8 nitrogen and oxygen atoms in total. The molecule has 0 atom stereocenters. The van der Waals surface area contributed by atoms with Crippen molar-refractivity contribution < 1.29 is 9.53 Å². The van der Waals surface area contributed by atoms with Gasteiger partial charge in [0.25, 0.3) is 0 Å². The SMILES string of the molecule is Cc1ccc(Sc2ccc3nn(CC(=O)N4CCOc5ccc(C)cc54)c(=O)n3n2)cc1. The molecule has 5 rings (SSSR count). The van der Waals surface area contributed by atoms with Crippen LogP contribution < -0.4 is 15.3 Å². The predicted octanol–water partition coefficient (Wildman–Crippen LogP) is 3.08. The maximum atomic E-state index is 13.0. The van der Waals surface area contributed by atoms with Crippen molar-refractivity contribution in [3.63, 3.8) is 0 Å². The first-order valence-corrected chi connectivity index (χ1v) is 11.0. The van der Waals surface area contributed by atoms with Gasteiger partial charge in [0, 0.05) is 4.90 Å². The summed E-state index contributed by atoms with van der Waals surface area (Å²) >= 11 is 1.46. The molecule has 9 heteroatoms. The van der Waals surface area contributed by atoms with E-state index in [1.807, 2.05) is 62.4 Å². The first-order valence-electron chi connectivity index (χ1n) is 10.2. The molecule has 0 saturated heterocycles. The zero-order valence-electron chi connectivity index (χ0n) is 17.7. The van der Waals surface area contributed by atoms with Crippen LogP contribution in [0.2, 0.25) is 0 Å². The summed E-state index contributed by atoms with van der Waals surface area (Å²) in [7, 11) is 0. The summed E-state index contributed by atoms with van der Waals surface area (Å²) < 4.78 is 8.05. The smallest absolute Gasteiger partial charge is 0.367 e. The highest BCUT2D eigenvalue weighted by Gasteiger charge is 2.25. The molecule has 0 aliphatic carbocycles. The van der Waals surface area contributed by atoms with Gasteiger partial charge < -0.3 is 9.64 Å². The third-order valence-electron chi connectivity index (χ3n) is 5.22. The van der Waals surface area contributed by atoms with Crippen molar-refractivity contribution in [2.75, 3.05) is 18.1 Å². The Hall–Kier alpha value is -3.59. The standard InChI is InChI=1S/C23H21N5O3S/c1-15-3-6-17(7-4-15)32-21-10-9-20-24-27(23(30)28(20)25-21)14-22(29)26-11-12-31-19-8-5-16(2)13-18(19)26/h3-10,13H,11-12,14H2,1-2H3. The molecule has 0 bridgehead atoms. The normalized spacial score (nSPS) is 13.1. The second-order valence-electron chi connectivity index (χ2n) is 7.66. The zero-order valence-corrected chi connectivity index (χ0v) is 18.5. The van der Waals surface area contributed by atoms with Crippen LogP contribution in [0.25, 0.3) is 5.65 Å². The van der Waals surface area contributed by atoms with E-state index in [0.717, 1.165) is 15.1 Å². The van der Waals surface area contributed by atoms with Gasteiger partial charge in [0.05, 0.1) is 12.2 Å². The maximum absolute atomic E-state index is 13.0. The number of hydrogen-bond acceptors (Lipinski definition) is 6. The van der Waals surface area contributed by atoms with Gasteiger partial charge in [0.1, 0.15) is 23.9 Å². The van der Waals surface area contributed by atoms with Gasteiger partial charge in [0.15, 0.2) is 5.65 Å². The van der Waals surface area contributed by atoms with E-state index in [9.17, 15) is 9.59 Å². The number of aryl methyl sites for hydroxylation is 2. The minimum absolute atomic E-state index is 0.171. The van der Waals surface area contributed by atoms with Crippen LogP contribution in [0.4, 0.5) is 5.69 Å². The Morgan fingerprint density at radius 2 is 1.81 bits per heavy atom. The number of hydrogen-bond donors (Lipinski definition) is 0. The molecule has 162 valence electrons. The van der Waals surface area contributed by atoms with Crippen LogP contribution in [0.1, 0.15) is 11.1 Å². The lowest BCUT2D eigenvalue weighted by molar-refractivity contribution is -0.119. The molecule has 0 spiro atoms. The fourth-order valence-corrected chi connectivity index (χ4v) is 4.35. The third kappa shape index (κ3) is 3.87. The number of amides is 1. The molecule has 0 unspecified atom stereocenters. The lowest BCUT2D eigenvalue weighted by Crippen LogP contribution is -2.41. The topological polar surface area (TPSA) is 81.7 Å². The van der Waals surface area contributed by atoms with Gasteiger partial charge in [-0.1, -0.05) is 35.5 Å². The molecule has 0 fully saturated rings. The van der Waals surface area contributed by atoms with Gasteiger partial charge in [-0.15, -0.1) is 5.10 Å². The molecule has 0 radical (unpaired) electrons. The van der Waals surface area contributed by atoms with Gasteiger partial charge in [-0.3, -0.25) is 4.79 Å². The van der Waals surface area contributed by atoms with Gasteiger partial charge in [0.2, 0.25) is 5.91 Å². The van der Waals surface area contributed by atoms with E-state index >= 15 is 0 Å². The van der Waals surface area contributed by atoms with E-state index in [2.05, 4.69) is 10.2 Å². The lowest BCUT2D eigenvalue weighted by Gasteiger charge is -2.29. The second-order valence-corrected chi connectivity index (χ2v) is 8.76. The highest BCUT2D eigenvalue weighted by atomic mass is 32.2. The summed E-state index contributed by atoms with van der Waals surface area (Å²) in [5.74, 6) is 0.442. The van der Waals surface area contributed by atoms with Gasteiger partial charge in [-0.05, 0) is 55.8 Å². The Kier molecular flexibility index (Phi) is 5.18. The van der Waals surface area contributed by atoms with Gasteiger partial charge in [-0.2, -0.15) is 9.61 Å². The van der Waals surface area contributed by atoms with Crippen molar-refractivity contribution in [1.29, 1.82) is 0 Å². The van der Waals surface area contributed by atoms with E-state index in [1.165, 1.54) is 21.8 Å². The van der Waals surface area contributed by atoms with Crippen molar-refractivity contribution >= 4 is 29.0 Å². The van der Waals surface area contributed by atoms with Crippen LogP contribution in [0.15, 0.2) is 69.3 Å². The first-order chi connectivity index (χ1) is 15.5. The largest absolute Gasteiger partial charge is 0.490 e. The molecule has 0 saturated carbocycles. The number of ether oxygens (including phenoxy) is 1. The van der Waals surface area contributed by atoms with Crippen molar-refractivity contribution in [2.24, 2.45) is 0 Å². The number of benzene rings is 2. The van der Waals surface area contributed by atoms with Crippen molar-refractivity contribution in [3.05, 3.63) is 76.2 Å². The van der Waals surface area contributed by atoms with Gasteiger partial charge in [-0.25, -0.2) is 9.48 Å². The fraction of sp³-hybridized carbons (Fsp3) is 0.217. The lowest BCUT2D eigenvalue weighted by atomic mass is 10.1. The molecule has 0 N–H and O–H groups in total. The first kappa shape index (κ1) is 20.3. The minimum atomic E-state index is -0.447. The predicted molar refractivity (Wildman–Crippen MR) is 122 cm³/mol. The molecule has 4 aromatic rings. The van der Waals surface area contributed by atoms with E-state index in [1.54, 1.807) is 11.0 Å². The molecule has 1 aliphatic heterocycles. The van der Waals surface area contributed by atoms with Crippen LogP contribution in [0.3, 0.4) is 0 Å². The number of aromatic nitrogens is 4. The Morgan fingerprint density at radius 1 is 1.03 bits per heavy atom. The summed E-state index contributed by atoms with van der Waals surface area (Å²) in [6, 6.07) is 17.4. The Bertz CT molecular complexity index is 1380. The summed E-state index contributed by atoms with van der Waals surface area (Å²) in [6.45, 7) is 4.65. The van der Waals surface area contributed by atoms with Crippen molar-refractivity contribution in [2.45, 2.75) is 30.3 Å². The number of carbonyl (C=O) groups excluding carboxylic acids is 1. The van der Waals surface area contributed by atoms with E-state index < -0.39 is 5.69 Å². The number of anilines is 1. The Labute approximate surface area is 188 Å². The van der Waals surface area contributed by atoms with Crippen LogP contribution in [-0.2, 0) is 11.3 Å². The van der Waals surface area contributed by atoms with E-state index in [-0.39, 0.29) is 12.5 Å². The molecular formula is C23H21N5O3S. The number of fused-ring (bicyclic) bond motifs is 2. The third-order valence-corrected chi connectivity index (χ3v) is 6.16. The molecule has 2 aromatic carbocycles. The molecule has 3 heterocycles. The summed E-state index contributed by atoms with van der Waals surface area (Å²) in [6.07, 6.45) is 0. The molecule has 32 heavy (non-hydrogen) atoms. The minimum Gasteiger partial charge on any atom is -0.490 e. The van der Waals surface area contributed by atoms with Crippen molar-refractivity contribution in [1.82, 2.24) is 19.4 Å². The monoisotopic (exact) mass is 447 g/mol. The Balaban J connectivity index is 1.40. The zero-order chi connectivity index (χ0) is 22.2. The van der Waals surface area contributed by atoms with Crippen LogP contribution in [0, 0.1) is 13.8 Å². The van der Waals surface area contributed by atoms with E-state index in [0.29, 0.717) is 35.3 Å². The molecule has 1 amide bonds. The summed E-state index contributed by atoms with van der Waals surface area (Å²) in [5, 5.41) is 9.39. The quantitative estimate of drug-likeness (QED) is 0.478. The average molecular weight is 448 g/mol. The molecule has 2 aromatic heterocycles. The van der Waals surface area contributed by atoms with Crippen LogP contribution >= 0.6 is 11.8 Å². The highest BCUT2D eigenvalue weighted by molar-refractivity contribution is 7.99. The fourth-order valence-electron chi connectivity index (χ4n) is 3.58. The maximum Gasteiger partial charge on any atom is 0.367 e. The molecular weight excluding hydrogens is 426 g/mol. The number of rotatable bonds is 4.